The second-order valence-electron chi connectivity index (χ2n) is 2.61. The molecule has 0 radical (unpaired) electrons. The molecule has 2 aromatic rings. The van der Waals surface area contributed by atoms with E-state index < -0.39 is 0 Å². The highest BCUT2D eigenvalue weighted by atomic mass is 32.2. The van der Waals surface area contributed by atoms with Gasteiger partial charge in [0.25, 0.3) is 0 Å². The summed E-state index contributed by atoms with van der Waals surface area (Å²) >= 11 is 3.26. The van der Waals surface area contributed by atoms with Crippen molar-refractivity contribution in [3.05, 3.63) is 34.9 Å². The van der Waals surface area contributed by atoms with Crippen molar-refractivity contribution in [1.82, 2.24) is 9.97 Å². The Morgan fingerprint density at radius 1 is 1.36 bits per heavy atom. The third-order valence-electron chi connectivity index (χ3n) is 1.62. The van der Waals surface area contributed by atoms with E-state index in [9.17, 15) is 0 Å². The van der Waals surface area contributed by atoms with Gasteiger partial charge in [-0.1, -0.05) is 11.8 Å². The summed E-state index contributed by atoms with van der Waals surface area (Å²) in [6.45, 7) is 0. The summed E-state index contributed by atoms with van der Waals surface area (Å²) < 4.78 is 0. The number of anilines is 1. The molecule has 0 atom stereocenters. The summed E-state index contributed by atoms with van der Waals surface area (Å²) in [5.41, 5.74) is 6.49. The van der Waals surface area contributed by atoms with Gasteiger partial charge in [0.05, 0.1) is 11.4 Å². The van der Waals surface area contributed by atoms with Crippen molar-refractivity contribution in [2.45, 2.75) is 10.8 Å². The third-order valence-corrected chi connectivity index (χ3v) is 3.61. The first-order valence-electron chi connectivity index (χ1n) is 4.08. The van der Waals surface area contributed by atoms with Crippen molar-refractivity contribution in [2.24, 2.45) is 0 Å². The molecule has 14 heavy (non-hydrogen) atoms. The van der Waals surface area contributed by atoms with Gasteiger partial charge in [-0.2, -0.15) is 0 Å². The van der Waals surface area contributed by atoms with Crippen LogP contribution in [-0.2, 0) is 5.75 Å². The van der Waals surface area contributed by atoms with Crippen LogP contribution < -0.4 is 5.73 Å². The highest BCUT2D eigenvalue weighted by molar-refractivity contribution is 7.98. The maximum atomic E-state index is 5.76. The number of hydrogen-bond acceptors (Lipinski definition) is 5. The van der Waals surface area contributed by atoms with Gasteiger partial charge in [0.1, 0.15) is 10.0 Å². The van der Waals surface area contributed by atoms with Crippen LogP contribution in [0.4, 0.5) is 5.69 Å². The molecule has 0 amide bonds. The summed E-state index contributed by atoms with van der Waals surface area (Å²) in [4.78, 5) is 8.38. The van der Waals surface area contributed by atoms with Crippen LogP contribution in [0.3, 0.4) is 0 Å². The average Bonchev–Trinajstić information content (AvgIpc) is 2.69. The Balaban J connectivity index is 2.02. The molecule has 2 aromatic heterocycles. The van der Waals surface area contributed by atoms with E-state index in [-0.39, 0.29) is 0 Å². The van der Waals surface area contributed by atoms with Crippen molar-refractivity contribution in [3.8, 4) is 0 Å². The van der Waals surface area contributed by atoms with Gasteiger partial charge in [-0.3, -0.25) is 0 Å². The predicted molar refractivity (Wildman–Crippen MR) is 60.3 cm³/mol. The minimum atomic E-state index is 0.731. The molecule has 3 nitrogen and oxygen atoms in total. The number of hydrogen-bond donors (Lipinski definition) is 1. The Hall–Kier alpha value is -1.07. The number of thioether (sulfide) groups is 1. The molecule has 0 saturated carbocycles. The van der Waals surface area contributed by atoms with Crippen molar-refractivity contribution >= 4 is 28.8 Å². The van der Waals surface area contributed by atoms with E-state index in [4.69, 9.17) is 5.73 Å². The molecule has 0 aliphatic heterocycles. The van der Waals surface area contributed by atoms with Gasteiger partial charge in [0.15, 0.2) is 0 Å². The molecule has 72 valence electrons. The Kier molecular flexibility index (Phi) is 3.00. The lowest BCUT2D eigenvalue weighted by Gasteiger charge is -2.01. The average molecular weight is 223 g/mol. The molecule has 2 N–H and O–H groups in total. The molecular weight excluding hydrogens is 214 g/mol. The Labute approximate surface area is 90.4 Å². The molecule has 2 rings (SSSR count). The van der Waals surface area contributed by atoms with Crippen LogP contribution in [0.15, 0.2) is 34.9 Å². The SMILES string of the molecule is Nc1cccnc1SCc1nccs1. The fraction of sp³-hybridized carbons (Fsp3) is 0.111. The van der Waals surface area contributed by atoms with Gasteiger partial charge in [-0.05, 0) is 12.1 Å². The number of rotatable bonds is 3. The van der Waals surface area contributed by atoms with Crippen molar-refractivity contribution < 1.29 is 0 Å². The van der Waals surface area contributed by atoms with Gasteiger partial charge < -0.3 is 5.73 Å². The Morgan fingerprint density at radius 3 is 3.00 bits per heavy atom. The van der Waals surface area contributed by atoms with Gasteiger partial charge in [-0.25, -0.2) is 9.97 Å². The Bertz CT molecular complexity index is 400. The monoisotopic (exact) mass is 223 g/mol. The molecule has 0 aromatic carbocycles. The number of thiazole rings is 1. The van der Waals surface area contributed by atoms with Gasteiger partial charge in [-0.15, -0.1) is 11.3 Å². The topological polar surface area (TPSA) is 51.8 Å². The van der Waals surface area contributed by atoms with Crippen LogP contribution in [0.5, 0.6) is 0 Å². The molecule has 2 heterocycles. The molecule has 5 heteroatoms. The second kappa shape index (κ2) is 4.43. The standard InChI is InChI=1S/C9H9N3S2/c10-7-2-1-3-12-9(7)14-6-8-11-4-5-13-8/h1-5H,6,10H2. The molecule has 0 unspecified atom stereocenters. The fourth-order valence-electron chi connectivity index (χ4n) is 0.978. The first-order valence-corrected chi connectivity index (χ1v) is 5.94. The number of nitrogens with two attached hydrogens (primary N) is 1. The summed E-state index contributed by atoms with van der Waals surface area (Å²) in [6.07, 6.45) is 3.56. The molecule has 0 spiro atoms. The van der Waals surface area contributed by atoms with Gasteiger partial charge in [0, 0.05) is 17.8 Å². The van der Waals surface area contributed by atoms with Crippen molar-refractivity contribution in [3.63, 3.8) is 0 Å². The molecule has 0 fully saturated rings. The quantitative estimate of drug-likeness (QED) is 0.812. The maximum Gasteiger partial charge on any atom is 0.119 e. The van der Waals surface area contributed by atoms with Crippen LogP contribution in [0, 0.1) is 0 Å². The number of nitrogen functional groups attached to an aromatic ring is 1. The maximum absolute atomic E-state index is 5.76. The van der Waals surface area contributed by atoms with E-state index in [0.29, 0.717) is 0 Å². The largest absolute Gasteiger partial charge is 0.397 e. The summed E-state index contributed by atoms with van der Waals surface area (Å²) in [6, 6.07) is 3.69. The minimum Gasteiger partial charge on any atom is -0.397 e. The van der Waals surface area contributed by atoms with Gasteiger partial charge >= 0.3 is 0 Å². The minimum absolute atomic E-state index is 0.731. The summed E-state index contributed by atoms with van der Waals surface area (Å²) in [5.74, 6) is 0.832. The lowest BCUT2D eigenvalue weighted by Crippen LogP contribution is -1.90. The lowest BCUT2D eigenvalue weighted by atomic mass is 10.4. The number of nitrogens with zero attached hydrogens (tertiary/aromatic N) is 2. The first-order chi connectivity index (χ1) is 6.86. The van der Waals surface area contributed by atoms with Gasteiger partial charge in [0.2, 0.25) is 0 Å². The molecule has 0 aliphatic rings. The van der Waals surface area contributed by atoms with E-state index in [1.165, 1.54) is 0 Å². The molecular formula is C9H9N3S2. The highest BCUT2D eigenvalue weighted by Gasteiger charge is 2.02. The third kappa shape index (κ3) is 2.24. The molecule has 0 bridgehead atoms. The van der Waals surface area contributed by atoms with E-state index in [2.05, 4.69) is 9.97 Å². The van der Waals surface area contributed by atoms with E-state index in [1.54, 1.807) is 29.3 Å². The fourth-order valence-corrected chi connectivity index (χ4v) is 2.53. The smallest absolute Gasteiger partial charge is 0.119 e. The van der Waals surface area contributed by atoms with E-state index >= 15 is 0 Å². The number of aromatic nitrogens is 2. The molecule has 0 aliphatic carbocycles. The van der Waals surface area contributed by atoms with Crippen LogP contribution in [-0.4, -0.2) is 9.97 Å². The zero-order chi connectivity index (χ0) is 9.80. The zero-order valence-corrected chi connectivity index (χ0v) is 9.02. The highest BCUT2D eigenvalue weighted by Crippen LogP contribution is 2.25. The molecule has 0 saturated heterocycles. The lowest BCUT2D eigenvalue weighted by molar-refractivity contribution is 1.14. The predicted octanol–water partition coefficient (Wildman–Crippen LogP) is 2.41. The Morgan fingerprint density at radius 2 is 2.29 bits per heavy atom. The van der Waals surface area contributed by atoms with Crippen LogP contribution in [0.1, 0.15) is 5.01 Å². The summed E-state index contributed by atoms with van der Waals surface area (Å²) in [7, 11) is 0. The normalized spacial score (nSPS) is 10.3. The zero-order valence-electron chi connectivity index (χ0n) is 7.38. The van der Waals surface area contributed by atoms with E-state index in [1.807, 2.05) is 23.7 Å². The van der Waals surface area contributed by atoms with Crippen LogP contribution >= 0.6 is 23.1 Å². The van der Waals surface area contributed by atoms with E-state index in [0.717, 1.165) is 21.5 Å². The van der Waals surface area contributed by atoms with Crippen molar-refractivity contribution in [2.75, 3.05) is 5.73 Å². The number of pyridine rings is 1. The summed E-state index contributed by atoms with van der Waals surface area (Å²) in [5, 5.41) is 3.94. The second-order valence-corrected chi connectivity index (χ2v) is 4.56. The van der Waals surface area contributed by atoms with Crippen LogP contribution in [0.2, 0.25) is 0 Å². The first kappa shape index (κ1) is 9.48. The van der Waals surface area contributed by atoms with Crippen LogP contribution in [0.25, 0.3) is 0 Å². The van der Waals surface area contributed by atoms with Crippen molar-refractivity contribution in [1.29, 1.82) is 0 Å².